The highest BCUT2D eigenvalue weighted by Gasteiger charge is 2.30. The molecular weight excluding hydrogens is 352 g/mol. The molecule has 0 aliphatic carbocycles. The minimum Gasteiger partial charge on any atom is -0.329 e. The van der Waals surface area contributed by atoms with E-state index in [9.17, 15) is 9.59 Å². The number of amides is 2. The Labute approximate surface area is 165 Å². The molecule has 0 fully saturated rings. The van der Waals surface area contributed by atoms with Gasteiger partial charge in [-0.2, -0.15) is 0 Å². The quantitative estimate of drug-likeness (QED) is 0.840. The van der Waals surface area contributed by atoms with Crippen LogP contribution in [0.5, 0.6) is 0 Å². The summed E-state index contributed by atoms with van der Waals surface area (Å²) in [4.78, 5) is 31.6. The number of anilines is 1. The van der Waals surface area contributed by atoms with Crippen LogP contribution in [0.25, 0.3) is 0 Å². The summed E-state index contributed by atoms with van der Waals surface area (Å²) >= 11 is 0. The van der Waals surface area contributed by atoms with E-state index in [1.807, 2.05) is 75.4 Å². The van der Waals surface area contributed by atoms with Gasteiger partial charge in [-0.25, -0.2) is 5.01 Å². The van der Waals surface area contributed by atoms with Crippen molar-refractivity contribution < 1.29 is 9.59 Å². The fourth-order valence-corrected chi connectivity index (χ4v) is 3.00. The van der Waals surface area contributed by atoms with Gasteiger partial charge in [0.05, 0.1) is 5.69 Å². The molecule has 28 heavy (non-hydrogen) atoms. The van der Waals surface area contributed by atoms with Crippen LogP contribution in [0.2, 0.25) is 0 Å². The average Bonchev–Trinajstić information content (AvgIpc) is 2.73. The van der Waals surface area contributed by atoms with Crippen molar-refractivity contribution in [2.45, 2.75) is 39.8 Å². The molecule has 2 amide bonds. The number of nitrogens with one attached hydrogen (secondary N) is 1. The van der Waals surface area contributed by atoms with E-state index in [1.165, 1.54) is 5.01 Å². The fourth-order valence-electron chi connectivity index (χ4n) is 3.00. The molecule has 2 aromatic rings. The zero-order chi connectivity index (χ0) is 20.1. The number of hydrogen-bond donors (Lipinski definition) is 1. The number of carbonyl (C=O) groups excluding carboxylic acids is 2. The van der Waals surface area contributed by atoms with Gasteiger partial charge in [-0.1, -0.05) is 55.0 Å². The normalized spacial score (nSPS) is 14.9. The number of hydrogen-bond acceptors (Lipinski definition) is 4. The molecule has 0 spiro atoms. The van der Waals surface area contributed by atoms with E-state index in [1.54, 1.807) is 4.90 Å². The van der Waals surface area contributed by atoms with Gasteiger partial charge in [-0.3, -0.25) is 20.0 Å². The standard InChI is InChI=1S/C22H26N4O2/c1-4-17(3)25(15-18-8-6-5-7-9-18)22(28)21-23-14-20(27)26(24-21)19-12-10-16(2)11-13-19/h5-13,17H,4,14-15H2,1-3H3,(H,23,24). The Bertz CT molecular complexity index is 862. The fraction of sp³-hybridized carbons (Fsp3) is 0.318. The Morgan fingerprint density at radius 1 is 1.18 bits per heavy atom. The van der Waals surface area contributed by atoms with E-state index in [-0.39, 0.29) is 30.2 Å². The molecule has 0 saturated carbocycles. The molecule has 0 radical (unpaired) electrons. The summed E-state index contributed by atoms with van der Waals surface area (Å²) in [6.07, 6.45) is 0.826. The summed E-state index contributed by atoms with van der Waals surface area (Å²) in [7, 11) is 0. The lowest BCUT2D eigenvalue weighted by Crippen LogP contribution is -2.57. The molecule has 6 heteroatoms. The number of rotatable bonds is 6. The van der Waals surface area contributed by atoms with E-state index >= 15 is 0 Å². The molecule has 1 atom stereocenters. The lowest BCUT2D eigenvalue weighted by atomic mass is 10.1. The second kappa shape index (κ2) is 8.69. The minimum absolute atomic E-state index is 0.0441. The Balaban J connectivity index is 1.81. The summed E-state index contributed by atoms with van der Waals surface area (Å²) in [6, 6.07) is 17.5. The highest BCUT2D eigenvalue weighted by molar-refractivity contribution is 6.39. The number of hydrazine groups is 1. The van der Waals surface area contributed by atoms with Gasteiger partial charge in [0.15, 0.2) is 0 Å². The van der Waals surface area contributed by atoms with Crippen molar-refractivity contribution in [2.24, 2.45) is 4.99 Å². The number of aryl methyl sites for hydroxylation is 1. The maximum Gasteiger partial charge on any atom is 0.291 e. The molecule has 0 bridgehead atoms. The zero-order valence-corrected chi connectivity index (χ0v) is 16.6. The number of nitrogens with zero attached hydrogens (tertiary/aromatic N) is 3. The van der Waals surface area contributed by atoms with Gasteiger partial charge in [0.25, 0.3) is 11.8 Å². The Kier molecular flexibility index (Phi) is 6.09. The van der Waals surface area contributed by atoms with E-state index in [4.69, 9.17) is 0 Å². The first-order valence-corrected chi connectivity index (χ1v) is 9.55. The second-order valence-electron chi connectivity index (χ2n) is 7.02. The first kappa shape index (κ1) is 19.6. The number of aliphatic imine (C=N–C) groups is 1. The van der Waals surface area contributed by atoms with Crippen LogP contribution in [0, 0.1) is 6.92 Å². The van der Waals surface area contributed by atoms with Crippen LogP contribution in [0.4, 0.5) is 5.69 Å². The molecule has 2 aromatic carbocycles. The molecule has 1 unspecified atom stereocenters. The number of benzene rings is 2. The van der Waals surface area contributed by atoms with Gasteiger partial charge in [-0.15, -0.1) is 0 Å². The van der Waals surface area contributed by atoms with E-state index in [0.29, 0.717) is 12.2 Å². The largest absolute Gasteiger partial charge is 0.329 e. The lowest BCUT2D eigenvalue weighted by Gasteiger charge is -2.33. The number of carbonyl (C=O) groups is 2. The molecule has 3 rings (SSSR count). The Morgan fingerprint density at radius 3 is 2.50 bits per heavy atom. The molecule has 146 valence electrons. The topological polar surface area (TPSA) is 65.0 Å². The van der Waals surface area contributed by atoms with Gasteiger partial charge >= 0.3 is 0 Å². The molecular formula is C22H26N4O2. The Morgan fingerprint density at radius 2 is 1.86 bits per heavy atom. The van der Waals surface area contributed by atoms with Gasteiger partial charge in [0.2, 0.25) is 5.84 Å². The van der Waals surface area contributed by atoms with Gasteiger partial charge in [0.1, 0.15) is 6.54 Å². The van der Waals surface area contributed by atoms with Crippen molar-refractivity contribution in [2.75, 3.05) is 11.6 Å². The summed E-state index contributed by atoms with van der Waals surface area (Å²) in [6.45, 7) is 6.50. The van der Waals surface area contributed by atoms with Crippen LogP contribution in [0.1, 0.15) is 31.4 Å². The third-order valence-corrected chi connectivity index (χ3v) is 4.91. The lowest BCUT2D eigenvalue weighted by molar-refractivity contribution is -0.127. The molecule has 6 nitrogen and oxygen atoms in total. The predicted octanol–water partition coefficient (Wildman–Crippen LogP) is 3.07. The van der Waals surface area contributed by atoms with Crippen molar-refractivity contribution in [3.05, 3.63) is 65.7 Å². The smallest absolute Gasteiger partial charge is 0.291 e. The first-order chi connectivity index (χ1) is 13.5. The Hall–Kier alpha value is -3.15. The first-order valence-electron chi connectivity index (χ1n) is 9.55. The van der Waals surface area contributed by atoms with Crippen LogP contribution in [0.15, 0.2) is 59.6 Å². The van der Waals surface area contributed by atoms with Crippen LogP contribution < -0.4 is 10.4 Å². The van der Waals surface area contributed by atoms with Crippen LogP contribution >= 0.6 is 0 Å². The monoisotopic (exact) mass is 378 g/mol. The van der Waals surface area contributed by atoms with Crippen molar-refractivity contribution in [3.63, 3.8) is 0 Å². The highest BCUT2D eigenvalue weighted by atomic mass is 16.2. The molecule has 1 heterocycles. The van der Waals surface area contributed by atoms with Crippen molar-refractivity contribution in [3.8, 4) is 0 Å². The summed E-state index contributed by atoms with van der Waals surface area (Å²) in [5, 5.41) is 1.40. The van der Waals surface area contributed by atoms with E-state index in [2.05, 4.69) is 10.4 Å². The third-order valence-electron chi connectivity index (χ3n) is 4.91. The summed E-state index contributed by atoms with van der Waals surface area (Å²) in [5.41, 5.74) is 5.77. The summed E-state index contributed by atoms with van der Waals surface area (Å²) < 4.78 is 0. The SMILES string of the molecule is CCC(C)N(Cc1ccccc1)C(=O)C1=NCC(=O)N(c2ccc(C)cc2)N1. The molecule has 0 saturated heterocycles. The van der Waals surface area contributed by atoms with Crippen molar-refractivity contribution in [1.29, 1.82) is 0 Å². The average molecular weight is 378 g/mol. The highest BCUT2D eigenvalue weighted by Crippen LogP contribution is 2.17. The second-order valence-corrected chi connectivity index (χ2v) is 7.02. The van der Waals surface area contributed by atoms with Crippen molar-refractivity contribution >= 4 is 23.3 Å². The molecule has 1 aliphatic heterocycles. The van der Waals surface area contributed by atoms with Crippen molar-refractivity contribution in [1.82, 2.24) is 10.3 Å². The molecule has 0 aromatic heterocycles. The van der Waals surface area contributed by atoms with Crippen LogP contribution in [0.3, 0.4) is 0 Å². The van der Waals surface area contributed by atoms with Crippen LogP contribution in [-0.4, -0.2) is 35.1 Å². The molecule has 1 N–H and O–H groups in total. The third kappa shape index (κ3) is 4.39. The van der Waals surface area contributed by atoms with Gasteiger partial charge in [-0.05, 0) is 38.0 Å². The maximum atomic E-state index is 13.2. The minimum atomic E-state index is -0.206. The summed E-state index contributed by atoms with van der Waals surface area (Å²) in [5.74, 6) is -0.210. The maximum absolute atomic E-state index is 13.2. The number of amidine groups is 1. The van der Waals surface area contributed by atoms with Gasteiger partial charge < -0.3 is 4.90 Å². The predicted molar refractivity (Wildman–Crippen MR) is 111 cm³/mol. The van der Waals surface area contributed by atoms with Crippen LogP contribution in [-0.2, 0) is 16.1 Å². The zero-order valence-electron chi connectivity index (χ0n) is 16.6. The van der Waals surface area contributed by atoms with E-state index in [0.717, 1.165) is 17.5 Å². The van der Waals surface area contributed by atoms with Gasteiger partial charge in [0, 0.05) is 12.6 Å². The van der Waals surface area contributed by atoms with E-state index < -0.39 is 0 Å². The molecule has 1 aliphatic rings.